The van der Waals surface area contributed by atoms with Crippen molar-refractivity contribution in [3.63, 3.8) is 0 Å². The van der Waals surface area contributed by atoms with Crippen LogP contribution in [0.25, 0.3) is 10.8 Å². The molecule has 1 heterocycles. The van der Waals surface area contributed by atoms with E-state index in [0.29, 0.717) is 14.8 Å². The lowest BCUT2D eigenvalue weighted by Gasteiger charge is -2.09. The van der Waals surface area contributed by atoms with E-state index >= 15 is 0 Å². The van der Waals surface area contributed by atoms with Crippen LogP contribution in [-0.2, 0) is 0 Å². The Balaban J connectivity index is 2.20. The van der Waals surface area contributed by atoms with Crippen molar-refractivity contribution in [2.24, 2.45) is 0 Å². The minimum Gasteiger partial charge on any atom is -0.496 e. The number of thiophene rings is 1. The van der Waals surface area contributed by atoms with Crippen LogP contribution in [0.3, 0.4) is 0 Å². The van der Waals surface area contributed by atoms with Gasteiger partial charge in [0.25, 0.3) is 0 Å². The van der Waals surface area contributed by atoms with Crippen molar-refractivity contribution in [2.75, 3.05) is 7.11 Å². The normalized spacial score (nSPS) is 10.7. The maximum atomic E-state index is 12.6. The van der Waals surface area contributed by atoms with E-state index in [-0.39, 0.29) is 5.78 Å². The molecule has 0 bridgehead atoms. The molecule has 20 heavy (non-hydrogen) atoms. The lowest BCUT2D eigenvalue weighted by molar-refractivity contribution is 0.104. The fourth-order valence-electron chi connectivity index (χ4n) is 2.22. The molecule has 4 heteroatoms. The van der Waals surface area contributed by atoms with Crippen LogP contribution in [0.5, 0.6) is 5.75 Å². The number of rotatable bonds is 3. The summed E-state index contributed by atoms with van der Waals surface area (Å²) < 4.78 is 5.96. The van der Waals surface area contributed by atoms with Crippen LogP contribution in [0, 0.1) is 0 Å². The molecule has 0 saturated heterocycles. The largest absolute Gasteiger partial charge is 0.496 e. The Hall–Kier alpha value is -1.84. The van der Waals surface area contributed by atoms with Gasteiger partial charge in [0.2, 0.25) is 5.78 Å². The molecule has 2 nitrogen and oxygen atoms in total. The highest BCUT2D eigenvalue weighted by Gasteiger charge is 2.16. The van der Waals surface area contributed by atoms with Gasteiger partial charge in [0.1, 0.15) is 5.75 Å². The summed E-state index contributed by atoms with van der Waals surface area (Å²) in [4.78, 5) is 13.2. The molecule has 1 aromatic heterocycles. The number of halogens is 1. The Kier molecular flexibility index (Phi) is 3.47. The number of benzene rings is 2. The number of fused-ring (bicyclic) bond motifs is 1. The SMILES string of the molecule is COc1ccc(C(=O)c2ccc(Cl)s2)c2ccccc12. The third-order valence-electron chi connectivity index (χ3n) is 3.15. The van der Waals surface area contributed by atoms with Gasteiger partial charge >= 0.3 is 0 Å². The molecule has 0 aliphatic rings. The fraction of sp³-hybridized carbons (Fsp3) is 0.0625. The quantitative estimate of drug-likeness (QED) is 0.650. The zero-order valence-corrected chi connectivity index (χ0v) is 12.3. The summed E-state index contributed by atoms with van der Waals surface area (Å²) in [5, 5.41) is 1.82. The van der Waals surface area contributed by atoms with Gasteiger partial charge in [-0.3, -0.25) is 4.79 Å². The lowest BCUT2D eigenvalue weighted by Crippen LogP contribution is -2.00. The van der Waals surface area contributed by atoms with Crippen molar-refractivity contribution in [1.29, 1.82) is 0 Å². The topological polar surface area (TPSA) is 26.3 Å². The minimum atomic E-state index is -0.0132. The number of ketones is 1. The predicted octanol–water partition coefficient (Wildman–Crippen LogP) is 4.79. The highest BCUT2D eigenvalue weighted by molar-refractivity contribution is 7.18. The van der Waals surface area contributed by atoms with Crippen LogP contribution in [0.15, 0.2) is 48.5 Å². The zero-order chi connectivity index (χ0) is 14.1. The molecule has 0 radical (unpaired) electrons. The Morgan fingerprint density at radius 3 is 2.45 bits per heavy atom. The van der Waals surface area contributed by atoms with Crippen molar-refractivity contribution in [2.45, 2.75) is 0 Å². The van der Waals surface area contributed by atoms with Gasteiger partial charge in [0.05, 0.1) is 16.3 Å². The van der Waals surface area contributed by atoms with Gasteiger partial charge in [0, 0.05) is 10.9 Å². The van der Waals surface area contributed by atoms with E-state index in [9.17, 15) is 4.79 Å². The van der Waals surface area contributed by atoms with Crippen LogP contribution in [-0.4, -0.2) is 12.9 Å². The monoisotopic (exact) mass is 302 g/mol. The second-order valence-corrected chi connectivity index (χ2v) is 6.01. The molecule has 0 spiro atoms. The molecule has 100 valence electrons. The first kappa shape index (κ1) is 13.2. The Morgan fingerprint density at radius 1 is 1.05 bits per heavy atom. The summed E-state index contributed by atoms with van der Waals surface area (Å²) in [6.07, 6.45) is 0. The molecule has 3 aromatic rings. The molecule has 0 atom stereocenters. The van der Waals surface area contributed by atoms with Crippen molar-refractivity contribution in [3.8, 4) is 5.75 Å². The molecule has 0 unspecified atom stereocenters. The van der Waals surface area contributed by atoms with Crippen LogP contribution in [0.4, 0.5) is 0 Å². The number of methoxy groups -OCH3 is 1. The van der Waals surface area contributed by atoms with Gasteiger partial charge in [-0.25, -0.2) is 0 Å². The van der Waals surface area contributed by atoms with E-state index in [4.69, 9.17) is 16.3 Å². The number of ether oxygens (including phenoxy) is 1. The van der Waals surface area contributed by atoms with E-state index < -0.39 is 0 Å². The molecule has 0 amide bonds. The Bertz CT molecular complexity index is 792. The molecular formula is C16H11ClO2S. The fourth-order valence-corrected chi connectivity index (χ4v) is 3.21. The summed E-state index contributed by atoms with van der Waals surface area (Å²) in [6.45, 7) is 0. The molecule has 0 N–H and O–H groups in total. The highest BCUT2D eigenvalue weighted by Crippen LogP contribution is 2.31. The van der Waals surface area contributed by atoms with E-state index in [1.807, 2.05) is 30.3 Å². The average Bonchev–Trinajstić information content (AvgIpc) is 2.92. The second kappa shape index (κ2) is 5.27. The van der Waals surface area contributed by atoms with Gasteiger partial charge in [-0.2, -0.15) is 0 Å². The first-order chi connectivity index (χ1) is 9.70. The second-order valence-electron chi connectivity index (χ2n) is 4.29. The van der Waals surface area contributed by atoms with Crippen LogP contribution in [0.2, 0.25) is 4.34 Å². The van der Waals surface area contributed by atoms with Crippen LogP contribution < -0.4 is 4.74 Å². The third kappa shape index (κ3) is 2.19. The van der Waals surface area contributed by atoms with E-state index in [0.717, 1.165) is 16.5 Å². The maximum Gasteiger partial charge on any atom is 0.203 e. The van der Waals surface area contributed by atoms with Crippen LogP contribution >= 0.6 is 22.9 Å². The molecule has 0 fully saturated rings. The first-order valence-electron chi connectivity index (χ1n) is 6.06. The Morgan fingerprint density at radius 2 is 1.80 bits per heavy atom. The molecule has 0 aliphatic heterocycles. The third-order valence-corrected chi connectivity index (χ3v) is 4.38. The molecule has 2 aromatic carbocycles. The van der Waals surface area contributed by atoms with Gasteiger partial charge in [-0.15, -0.1) is 11.3 Å². The summed E-state index contributed by atoms with van der Waals surface area (Å²) in [5.41, 5.74) is 0.667. The number of hydrogen-bond donors (Lipinski definition) is 0. The molecular weight excluding hydrogens is 292 g/mol. The lowest BCUT2D eigenvalue weighted by atomic mass is 10.00. The van der Waals surface area contributed by atoms with Crippen molar-refractivity contribution in [1.82, 2.24) is 0 Å². The first-order valence-corrected chi connectivity index (χ1v) is 7.26. The van der Waals surface area contributed by atoms with Gasteiger partial charge in [-0.1, -0.05) is 35.9 Å². The minimum absolute atomic E-state index is 0.0132. The number of carbonyl (C=O) groups is 1. The molecule has 0 aliphatic carbocycles. The van der Waals surface area contributed by atoms with Crippen molar-refractivity contribution >= 4 is 39.5 Å². The Labute approximate surface area is 125 Å². The van der Waals surface area contributed by atoms with E-state index in [2.05, 4.69) is 0 Å². The van der Waals surface area contributed by atoms with Crippen LogP contribution in [0.1, 0.15) is 15.2 Å². The number of hydrogen-bond acceptors (Lipinski definition) is 3. The van der Waals surface area contributed by atoms with Crippen molar-refractivity contribution in [3.05, 3.63) is 63.3 Å². The van der Waals surface area contributed by atoms with E-state index in [1.165, 1.54) is 11.3 Å². The molecule has 0 saturated carbocycles. The highest BCUT2D eigenvalue weighted by atomic mass is 35.5. The molecule has 3 rings (SSSR count). The standard InChI is InChI=1S/C16H11ClO2S/c1-19-13-7-6-12(10-4-2-3-5-11(10)13)16(18)14-8-9-15(17)20-14/h2-9H,1H3. The zero-order valence-electron chi connectivity index (χ0n) is 10.7. The number of carbonyl (C=O) groups excluding carboxylic acids is 1. The van der Waals surface area contributed by atoms with Gasteiger partial charge in [-0.05, 0) is 29.7 Å². The van der Waals surface area contributed by atoms with Gasteiger partial charge in [0.15, 0.2) is 0 Å². The summed E-state index contributed by atoms with van der Waals surface area (Å²) in [7, 11) is 1.63. The summed E-state index contributed by atoms with van der Waals surface area (Å²) >= 11 is 7.20. The summed E-state index contributed by atoms with van der Waals surface area (Å²) in [6, 6.07) is 14.9. The summed E-state index contributed by atoms with van der Waals surface area (Å²) in [5.74, 6) is 0.752. The van der Waals surface area contributed by atoms with Gasteiger partial charge < -0.3 is 4.74 Å². The predicted molar refractivity (Wildman–Crippen MR) is 83.3 cm³/mol. The maximum absolute atomic E-state index is 12.6. The average molecular weight is 303 g/mol. The van der Waals surface area contributed by atoms with E-state index in [1.54, 1.807) is 25.3 Å². The smallest absolute Gasteiger partial charge is 0.203 e. The van der Waals surface area contributed by atoms with Crippen molar-refractivity contribution < 1.29 is 9.53 Å².